The van der Waals surface area contributed by atoms with Crippen LogP contribution in [-0.4, -0.2) is 46.2 Å². The van der Waals surface area contributed by atoms with E-state index in [0.717, 1.165) is 0 Å². The van der Waals surface area contributed by atoms with E-state index >= 15 is 0 Å². The molecule has 2 aromatic rings. The Balaban J connectivity index is 1.85. The molecular weight excluding hydrogens is 274 g/mol. The summed E-state index contributed by atoms with van der Waals surface area (Å²) >= 11 is 0. The first kappa shape index (κ1) is 13.5. The first-order chi connectivity index (χ1) is 10.3. The average molecular weight is 289 g/mol. The van der Waals surface area contributed by atoms with Gasteiger partial charge in [0.2, 0.25) is 11.9 Å². The predicted molar refractivity (Wildman–Crippen MR) is 75.0 cm³/mol. The van der Waals surface area contributed by atoms with Gasteiger partial charge in [0.25, 0.3) is 0 Å². The summed E-state index contributed by atoms with van der Waals surface area (Å²) in [4.78, 5) is 18.6. The highest BCUT2D eigenvalue weighted by Gasteiger charge is 2.17. The van der Waals surface area contributed by atoms with Crippen molar-refractivity contribution < 1.29 is 9.47 Å². The molecule has 1 fully saturated rings. The molecular formula is C12H15N7O2. The Bertz CT molecular complexity index is 589. The Morgan fingerprint density at radius 3 is 2.81 bits per heavy atom. The zero-order valence-corrected chi connectivity index (χ0v) is 11.3. The highest BCUT2D eigenvalue weighted by atomic mass is 16.5. The Hall–Kier alpha value is -2.52. The average Bonchev–Trinajstić information content (AvgIpc) is 2.56. The second-order valence-corrected chi connectivity index (χ2v) is 4.28. The van der Waals surface area contributed by atoms with Gasteiger partial charge < -0.3 is 14.4 Å². The van der Waals surface area contributed by atoms with Gasteiger partial charge in [0, 0.05) is 19.3 Å². The van der Waals surface area contributed by atoms with Crippen LogP contribution in [0.15, 0.2) is 24.5 Å². The summed E-state index contributed by atoms with van der Waals surface area (Å²) in [6.07, 6.45) is 3.24. The van der Waals surface area contributed by atoms with Crippen molar-refractivity contribution in [3.05, 3.63) is 24.5 Å². The van der Waals surface area contributed by atoms with Crippen molar-refractivity contribution in [3.63, 3.8) is 0 Å². The highest BCUT2D eigenvalue weighted by Crippen LogP contribution is 2.20. The molecule has 9 heteroatoms. The largest absolute Gasteiger partial charge is 0.422 e. The summed E-state index contributed by atoms with van der Waals surface area (Å²) in [6, 6.07) is 3.69. The van der Waals surface area contributed by atoms with Gasteiger partial charge in [0.05, 0.1) is 19.4 Å². The molecule has 0 atom stereocenters. The van der Waals surface area contributed by atoms with Crippen LogP contribution in [0.1, 0.15) is 0 Å². The fourth-order valence-electron chi connectivity index (χ4n) is 1.87. The van der Waals surface area contributed by atoms with Crippen molar-refractivity contribution in [2.45, 2.75) is 0 Å². The molecule has 0 saturated carbocycles. The minimum atomic E-state index is 0.160. The van der Waals surface area contributed by atoms with Crippen LogP contribution >= 0.6 is 0 Å². The van der Waals surface area contributed by atoms with Gasteiger partial charge in [0.15, 0.2) is 0 Å². The zero-order chi connectivity index (χ0) is 14.5. The maximum Gasteiger partial charge on any atom is 0.328 e. The quantitative estimate of drug-likeness (QED) is 0.601. The first-order valence-electron chi connectivity index (χ1n) is 6.48. The van der Waals surface area contributed by atoms with Crippen LogP contribution < -0.4 is 20.9 Å². The molecule has 110 valence electrons. The number of hydrazine groups is 1. The molecule has 2 aromatic heterocycles. The minimum Gasteiger partial charge on any atom is -0.422 e. The molecule has 0 amide bonds. The van der Waals surface area contributed by atoms with Crippen LogP contribution in [0, 0.1) is 0 Å². The number of anilines is 2. The molecule has 0 unspecified atom stereocenters. The third-order valence-electron chi connectivity index (χ3n) is 2.87. The van der Waals surface area contributed by atoms with E-state index in [1.54, 1.807) is 24.5 Å². The minimum absolute atomic E-state index is 0.160. The van der Waals surface area contributed by atoms with Gasteiger partial charge in [-0.05, 0) is 12.1 Å². The van der Waals surface area contributed by atoms with E-state index in [-0.39, 0.29) is 12.0 Å². The summed E-state index contributed by atoms with van der Waals surface area (Å²) in [7, 11) is 0. The second-order valence-electron chi connectivity index (χ2n) is 4.28. The third-order valence-corrected chi connectivity index (χ3v) is 2.87. The van der Waals surface area contributed by atoms with Gasteiger partial charge in [-0.25, -0.2) is 5.84 Å². The summed E-state index contributed by atoms with van der Waals surface area (Å²) in [5.41, 5.74) is 2.42. The maximum atomic E-state index is 5.57. The number of aromatic nitrogens is 4. The number of hydrogen-bond acceptors (Lipinski definition) is 9. The van der Waals surface area contributed by atoms with Crippen LogP contribution in [0.4, 0.5) is 11.9 Å². The number of nitrogens with one attached hydrogen (secondary N) is 1. The van der Waals surface area contributed by atoms with E-state index < -0.39 is 0 Å². The van der Waals surface area contributed by atoms with Crippen LogP contribution in [0.25, 0.3) is 0 Å². The number of nitrogen functional groups attached to an aromatic ring is 1. The van der Waals surface area contributed by atoms with E-state index in [4.69, 9.17) is 15.3 Å². The van der Waals surface area contributed by atoms with E-state index in [1.165, 1.54) is 0 Å². The maximum absolute atomic E-state index is 5.57. The lowest BCUT2D eigenvalue weighted by atomic mass is 10.4. The molecule has 3 N–H and O–H groups in total. The molecule has 1 saturated heterocycles. The Labute approximate surface area is 121 Å². The van der Waals surface area contributed by atoms with Gasteiger partial charge in [0.1, 0.15) is 5.75 Å². The molecule has 0 spiro atoms. The topological polar surface area (TPSA) is 111 Å². The lowest BCUT2D eigenvalue weighted by molar-refractivity contribution is 0.122. The van der Waals surface area contributed by atoms with Gasteiger partial charge in [-0.2, -0.15) is 15.0 Å². The van der Waals surface area contributed by atoms with Gasteiger partial charge in [-0.1, -0.05) is 0 Å². The summed E-state index contributed by atoms with van der Waals surface area (Å²) < 4.78 is 10.9. The molecule has 0 radical (unpaired) electrons. The number of ether oxygens (including phenoxy) is 2. The molecule has 3 rings (SSSR count). The van der Waals surface area contributed by atoms with Crippen LogP contribution in [-0.2, 0) is 4.74 Å². The van der Waals surface area contributed by atoms with Crippen molar-refractivity contribution >= 4 is 11.9 Å². The third kappa shape index (κ3) is 3.33. The van der Waals surface area contributed by atoms with Crippen molar-refractivity contribution in [3.8, 4) is 11.8 Å². The Morgan fingerprint density at radius 1 is 1.24 bits per heavy atom. The molecule has 21 heavy (non-hydrogen) atoms. The predicted octanol–water partition coefficient (Wildman–Crippen LogP) is 0.181. The first-order valence-corrected chi connectivity index (χ1v) is 6.48. The SMILES string of the molecule is NNc1nc(Oc2cccnc2)nc(N2CCOCC2)n1. The standard InChI is InChI=1S/C12H15N7O2/c13-18-10-15-11(19-4-6-20-7-5-19)17-12(16-10)21-9-2-1-3-14-8-9/h1-3,8H,4-7,13H2,(H,15,16,17,18). The van der Waals surface area contributed by atoms with Crippen molar-refractivity contribution in [1.29, 1.82) is 0 Å². The molecule has 3 heterocycles. The lowest BCUT2D eigenvalue weighted by Crippen LogP contribution is -2.37. The molecule has 1 aliphatic heterocycles. The van der Waals surface area contributed by atoms with E-state index in [9.17, 15) is 0 Å². The van der Waals surface area contributed by atoms with Gasteiger partial charge in [-0.15, -0.1) is 0 Å². The fourth-order valence-corrected chi connectivity index (χ4v) is 1.87. The summed E-state index contributed by atoms with van der Waals surface area (Å²) in [5, 5.41) is 0. The Kier molecular flexibility index (Phi) is 4.03. The van der Waals surface area contributed by atoms with Crippen molar-refractivity contribution in [1.82, 2.24) is 19.9 Å². The number of pyridine rings is 1. The summed E-state index contributed by atoms with van der Waals surface area (Å²) in [5.74, 6) is 6.68. The number of nitrogens with zero attached hydrogens (tertiary/aromatic N) is 5. The molecule has 1 aliphatic rings. The van der Waals surface area contributed by atoms with Crippen molar-refractivity contribution in [2.24, 2.45) is 5.84 Å². The van der Waals surface area contributed by atoms with Crippen LogP contribution in [0.3, 0.4) is 0 Å². The lowest BCUT2D eigenvalue weighted by Gasteiger charge is -2.26. The van der Waals surface area contributed by atoms with E-state index in [1.807, 2.05) is 4.90 Å². The number of rotatable bonds is 4. The highest BCUT2D eigenvalue weighted by molar-refractivity contribution is 5.38. The second kappa shape index (κ2) is 6.29. The smallest absolute Gasteiger partial charge is 0.328 e. The van der Waals surface area contributed by atoms with Crippen molar-refractivity contribution in [2.75, 3.05) is 36.6 Å². The van der Waals surface area contributed by atoms with Gasteiger partial charge in [-0.3, -0.25) is 10.4 Å². The van der Waals surface area contributed by atoms with E-state index in [0.29, 0.717) is 38.0 Å². The van der Waals surface area contributed by atoms with Crippen LogP contribution in [0.5, 0.6) is 11.8 Å². The number of morpholine rings is 1. The molecule has 9 nitrogen and oxygen atoms in total. The van der Waals surface area contributed by atoms with Gasteiger partial charge >= 0.3 is 6.01 Å². The molecule has 0 bridgehead atoms. The van der Waals surface area contributed by atoms with E-state index in [2.05, 4.69) is 25.4 Å². The fraction of sp³-hybridized carbons (Fsp3) is 0.333. The summed E-state index contributed by atoms with van der Waals surface area (Å²) in [6.45, 7) is 2.69. The Morgan fingerprint density at radius 2 is 2.10 bits per heavy atom. The molecule has 0 aromatic carbocycles. The number of nitrogens with two attached hydrogens (primary N) is 1. The molecule has 0 aliphatic carbocycles. The normalized spacial score (nSPS) is 14.8. The monoisotopic (exact) mass is 289 g/mol. The number of hydrogen-bond donors (Lipinski definition) is 2. The van der Waals surface area contributed by atoms with Crippen LogP contribution in [0.2, 0.25) is 0 Å². The zero-order valence-electron chi connectivity index (χ0n) is 11.3.